The number of allylic oxidation sites excluding steroid dienone is 6. The van der Waals surface area contributed by atoms with Crippen LogP contribution < -0.4 is 5.32 Å². The number of carbonyl (C=O) groups is 1. The molecule has 0 spiro atoms. The summed E-state index contributed by atoms with van der Waals surface area (Å²) in [6, 6.07) is -1.19. The van der Waals surface area contributed by atoms with Gasteiger partial charge in [-0.1, -0.05) is 140 Å². The average molecular weight is 770 g/mol. The summed E-state index contributed by atoms with van der Waals surface area (Å²) in [4.78, 5) is 13.0. The van der Waals surface area contributed by atoms with Gasteiger partial charge < -0.3 is 50.5 Å². The van der Waals surface area contributed by atoms with E-state index in [2.05, 4.69) is 55.6 Å². The van der Waals surface area contributed by atoms with E-state index in [0.29, 0.717) is 19.3 Å². The summed E-state index contributed by atoms with van der Waals surface area (Å²) in [7, 11) is 0. The van der Waals surface area contributed by atoms with Gasteiger partial charge in [0.2, 0.25) is 5.91 Å². The van der Waals surface area contributed by atoms with Gasteiger partial charge in [-0.25, -0.2) is 0 Å². The number of amides is 1. The van der Waals surface area contributed by atoms with Crippen LogP contribution in [0, 0.1) is 0 Å². The van der Waals surface area contributed by atoms with Crippen LogP contribution in [0.15, 0.2) is 36.5 Å². The van der Waals surface area contributed by atoms with E-state index >= 15 is 0 Å². The molecule has 1 rings (SSSR count). The topological polar surface area (TPSA) is 189 Å². The van der Waals surface area contributed by atoms with Crippen molar-refractivity contribution in [1.82, 2.24) is 5.32 Å². The molecule has 1 aliphatic heterocycles. The number of hydrogen-bond donors (Lipinski definition) is 8. The molecule has 11 heteroatoms. The van der Waals surface area contributed by atoms with Crippen molar-refractivity contribution < 1.29 is 50.0 Å². The minimum absolute atomic E-state index is 0.241. The van der Waals surface area contributed by atoms with Gasteiger partial charge in [0.15, 0.2) is 6.29 Å². The van der Waals surface area contributed by atoms with Crippen molar-refractivity contribution in [3.8, 4) is 0 Å². The number of aliphatic hydroxyl groups is 7. The molecule has 0 saturated carbocycles. The van der Waals surface area contributed by atoms with Gasteiger partial charge in [-0.3, -0.25) is 4.79 Å². The van der Waals surface area contributed by atoms with E-state index in [0.717, 1.165) is 51.4 Å². The minimum Gasteiger partial charge on any atom is -0.394 e. The molecule has 0 aromatic heterocycles. The second-order valence-corrected chi connectivity index (χ2v) is 15.0. The van der Waals surface area contributed by atoms with Gasteiger partial charge in [-0.2, -0.15) is 0 Å². The quantitative estimate of drug-likeness (QED) is 0.0283. The monoisotopic (exact) mass is 770 g/mol. The first-order chi connectivity index (χ1) is 26.2. The zero-order valence-corrected chi connectivity index (χ0v) is 33.7. The van der Waals surface area contributed by atoms with Gasteiger partial charge in [0.1, 0.15) is 36.6 Å². The summed E-state index contributed by atoms with van der Waals surface area (Å²) < 4.78 is 11.0. The minimum atomic E-state index is -1.67. The average Bonchev–Trinajstić information content (AvgIpc) is 3.17. The molecule has 1 aliphatic rings. The van der Waals surface area contributed by atoms with E-state index in [1.165, 1.54) is 64.2 Å². The van der Waals surface area contributed by atoms with E-state index in [9.17, 15) is 40.5 Å². The molecule has 1 heterocycles. The van der Waals surface area contributed by atoms with Crippen LogP contribution in [0.1, 0.15) is 162 Å². The fourth-order valence-corrected chi connectivity index (χ4v) is 6.52. The van der Waals surface area contributed by atoms with Gasteiger partial charge in [0.25, 0.3) is 0 Å². The van der Waals surface area contributed by atoms with Gasteiger partial charge in [-0.15, -0.1) is 0 Å². The highest BCUT2D eigenvalue weighted by Gasteiger charge is 2.44. The van der Waals surface area contributed by atoms with E-state index in [-0.39, 0.29) is 12.8 Å². The Kier molecular flexibility index (Phi) is 31.2. The molecular weight excluding hydrogens is 690 g/mol. The van der Waals surface area contributed by atoms with Crippen LogP contribution in [-0.4, -0.2) is 110 Å². The molecule has 1 saturated heterocycles. The predicted octanol–water partition coefficient (Wildman–Crippen LogP) is 6.05. The van der Waals surface area contributed by atoms with Gasteiger partial charge in [0.05, 0.1) is 25.4 Å². The first kappa shape index (κ1) is 50.3. The smallest absolute Gasteiger partial charge is 0.249 e. The van der Waals surface area contributed by atoms with Crippen molar-refractivity contribution in [2.24, 2.45) is 0 Å². The maximum atomic E-state index is 13.0. The molecule has 9 unspecified atom stereocenters. The lowest BCUT2D eigenvalue weighted by Crippen LogP contribution is -2.60. The van der Waals surface area contributed by atoms with E-state index < -0.39 is 74.2 Å². The van der Waals surface area contributed by atoms with Gasteiger partial charge in [-0.05, 0) is 57.8 Å². The van der Waals surface area contributed by atoms with Crippen LogP contribution in [0.2, 0.25) is 0 Å². The summed E-state index contributed by atoms with van der Waals surface area (Å²) in [6.45, 7) is 3.34. The maximum Gasteiger partial charge on any atom is 0.249 e. The SMILES string of the molecule is CCCC/C=C/CC/C=C/CC/C=C/CCCC(O)C(O)C(COC1OC(CO)C(O)C(O)C1O)NC(=O)C(O)CCCCCCCCCCCCCC. The molecular formula is C43H79NO10. The van der Waals surface area contributed by atoms with E-state index in [1.54, 1.807) is 0 Å². The number of ether oxygens (including phenoxy) is 2. The molecule has 0 aliphatic carbocycles. The van der Waals surface area contributed by atoms with Crippen molar-refractivity contribution in [1.29, 1.82) is 0 Å². The number of rotatable bonds is 34. The largest absolute Gasteiger partial charge is 0.394 e. The number of nitrogens with one attached hydrogen (secondary N) is 1. The highest BCUT2D eigenvalue weighted by atomic mass is 16.7. The van der Waals surface area contributed by atoms with Gasteiger partial charge in [0, 0.05) is 0 Å². The van der Waals surface area contributed by atoms with Crippen molar-refractivity contribution in [2.75, 3.05) is 13.2 Å². The highest BCUT2D eigenvalue weighted by Crippen LogP contribution is 2.23. The molecule has 0 aromatic rings. The Morgan fingerprint density at radius 3 is 1.63 bits per heavy atom. The fraction of sp³-hybridized carbons (Fsp3) is 0.837. The third-order valence-corrected chi connectivity index (χ3v) is 10.2. The second kappa shape index (κ2) is 33.5. The fourth-order valence-electron chi connectivity index (χ4n) is 6.52. The van der Waals surface area contributed by atoms with Crippen LogP contribution in [0.4, 0.5) is 0 Å². The van der Waals surface area contributed by atoms with Gasteiger partial charge >= 0.3 is 0 Å². The van der Waals surface area contributed by atoms with Crippen LogP contribution in [0.5, 0.6) is 0 Å². The lowest BCUT2D eigenvalue weighted by molar-refractivity contribution is -0.303. The molecule has 8 N–H and O–H groups in total. The highest BCUT2D eigenvalue weighted by molar-refractivity contribution is 5.80. The Hall–Kier alpha value is -1.67. The van der Waals surface area contributed by atoms with Crippen LogP contribution in [0.3, 0.4) is 0 Å². The first-order valence-corrected chi connectivity index (χ1v) is 21.4. The Labute approximate surface area is 326 Å². The van der Waals surface area contributed by atoms with Crippen LogP contribution in [0.25, 0.3) is 0 Å². The van der Waals surface area contributed by atoms with E-state index in [4.69, 9.17) is 9.47 Å². The molecule has 54 heavy (non-hydrogen) atoms. The first-order valence-electron chi connectivity index (χ1n) is 21.4. The molecule has 9 atom stereocenters. The Bertz CT molecular complexity index is 976. The predicted molar refractivity (Wildman–Crippen MR) is 215 cm³/mol. The third kappa shape index (κ3) is 23.4. The van der Waals surface area contributed by atoms with Crippen LogP contribution >= 0.6 is 0 Å². The molecule has 0 bridgehead atoms. The Balaban J connectivity index is 2.56. The Morgan fingerprint density at radius 1 is 0.630 bits per heavy atom. The summed E-state index contributed by atoms with van der Waals surface area (Å²) in [5, 5.41) is 75.4. The molecule has 316 valence electrons. The maximum absolute atomic E-state index is 13.0. The second-order valence-electron chi connectivity index (χ2n) is 15.0. The molecule has 1 fully saturated rings. The number of carbonyl (C=O) groups excluding carboxylic acids is 1. The van der Waals surface area contributed by atoms with Crippen molar-refractivity contribution in [3.63, 3.8) is 0 Å². The Morgan fingerprint density at radius 2 is 1.11 bits per heavy atom. The standard InChI is InChI=1S/C43H79NO10/c1-3-5-7-9-11-13-15-17-18-19-21-22-24-26-28-30-35(46)38(48)34(33-53-43-41(51)40(50)39(49)37(32-45)54-43)44-42(52)36(47)31-29-27-25-23-20-16-14-12-10-8-6-4-2/h9,11,17-18,22,24,34-41,43,45-51H,3-8,10,12-16,19-21,23,25-33H2,1-2H3,(H,44,52)/b11-9+,18-17+,24-22+. The van der Waals surface area contributed by atoms with Crippen molar-refractivity contribution in [2.45, 2.75) is 217 Å². The normalized spacial score (nSPS) is 23.0. The van der Waals surface area contributed by atoms with Crippen molar-refractivity contribution in [3.05, 3.63) is 36.5 Å². The van der Waals surface area contributed by atoms with Crippen molar-refractivity contribution >= 4 is 5.91 Å². The van der Waals surface area contributed by atoms with Crippen LogP contribution in [-0.2, 0) is 14.3 Å². The summed E-state index contributed by atoms with van der Waals surface area (Å²) in [5.74, 6) is -0.716. The zero-order chi connectivity index (χ0) is 39.8. The molecule has 0 aromatic carbocycles. The van der Waals surface area contributed by atoms with E-state index in [1.807, 2.05) is 0 Å². The lowest BCUT2D eigenvalue weighted by Gasteiger charge is -2.40. The number of aliphatic hydroxyl groups excluding tert-OH is 7. The number of hydrogen-bond acceptors (Lipinski definition) is 10. The lowest BCUT2D eigenvalue weighted by atomic mass is 9.98. The summed E-state index contributed by atoms with van der Waals surface area (Å²) >= 11 is 0. The zero-order valence-electron chi connectivity index (χ0n) is 33.7. The number of unbranched alkanes of at least 4 members (excludes halogenated alkanes) is 16. The third-order valence-electron chi connectivity index (χ3n) is 10.2. The molecule has 0 radical (unpaired) electrons. The molecule has 11 nitrogen and oxygen atoms in total. The summed E-state index contributed by atoms with van der Waals surface area (Å²) in [5.41, 5.74) is 0. The summed E-state index contributed by atoms with van der Waals surface area (Å²) in [6.07, 6.45) is 24.8. The molecule has 1 amide bonds.